The summed E-state index contributed by atoms with van der Waals surface area (Å²) in [5.74, 6) is 0. The maximum absolute atomic E-state index is 9.94. The summed E-state index contributed by atoms with van der Waals surface area (Å²) in [7, 11) is 0. The number of piperidine rings is 1. The second kappa shape index (κ2) is 4.33. The first-order valence-electron chi connectivity index (χ1n) is 5.56. The van der Waals surface area contributed by atoms with Crippen LogP contribution in [0.15, 0.2) is 18.7 Å². The van der Waals surface area contributed by atoms with Gasteiger partial charge in [-0.15, -0.1) is 0 Å². The molecule has 0 aliphatic carbocycles. The zero-order chi connectivity index (χ0) is 10.7. The number of hydrogen-bond acceptors (Lipinski definition) is 3. The molecule has 1 unspecified atom stereocenters. The summed E-state index contributed by atoms with van der Waals surface area (Å²) >= 11 is 0. The van der Waals surface area contributed by atoms with Gasteiger partial charge in [0.15, 0.2) is 0 Å². The largest absolute Gasteiger partial charge is 0.389 e. The summed E-state index contributed by atoms with van der Waals surface area (Å²) in [6.45, 7) is 5.77. The number of β-amino-alcohol motifs (C(OH)–C–C–N with tert-alkyl or cyclic N) is 1. The molecule has 0 radical (unpaired) electrons. The Morgan fingerprint density at radius 1 is 1.47 bits per heavy atom. The van der Waals surface area contributed by atoms with Gasteiger partial charge < -0.3 is 9.67 Å². The number of nitrogens with zero attached hydrogens (tertiary/aromatic N) is 3. The Balaban J connectivity index is 1.80. The van der Waals surface area contributed by atoms with Gasteiger partial charge in [-0.3, -0.25) is 4.90 Å². The number of aliphatic hydroxyl groups is 1. The van der Waals surface area contributed by atoms with Gasteiger partial charge in [0.2, 0.25) is 0 Å². The van der Waals surface area contributed by atoms with Crippen LogP contribution < -0.4 is 0 Å². The van der Waals surface area contributed by atoms with Crippen molar-refractivity contribution in [3.8, 4) is 0 Å². The fourth-order valence-corrected chi connectivity index (χ4v) is 2.19. The molecule has 4 heteroatoms. The summed E-state index contributed by atoms with van der Waals surface area (Å²) in [5.41, 5.74) is -0.493. The van der Waals surface area contributed by atoms with Gasteiger partial charge in [0.25, 0.3) is 0 Å². The highest BCUT2D eigenvalue weighted by molar-refractivity contribution is 4.83. The number of aromatic nitrogens is 2. The van der Waals surface area contributed by atoms with Gasteiger partial charge in [0.1, 0.15) is 0 Å². The summed E-state index contributed by atoms with van der Waals surface area (Å²) in [5, 5.41) is 9.94. The van der Waals surface area contributed by atoms with Crippen LogP contribution in [-0.4, -0.2) is 44.8 Å². The molecule has 0 aromatic carbocycles. The minimum Gasteiger partial charge on any atom is -0.389 e. The van der Waals surface area contributed by atoms with E-state index >= 15 is 0 Å². The first kappa shape index (κ1) is 10.6. The van der Waals surface area contributed by atoms with Crippen LogP contribution in [0.2, 0.25) is 0 Å². The Morgan fingerprint density at radius 2 is 2.33 bits per heavy atom. The van der Waals surface area contributed by atoms with E-state index in [1.165, 1.54) is 0 Å². The molecule has 0 spiro atoms. The topological polar surface area (TPSA) is 41.3 Å². The van der Waals surface area contributed by atoms with E-state index in [0.717, 1.165) is 39.0 Å². The summed E-state index contributed by atoms with van der Waals surface area (Å²) in [6.07, 6.45) is 7.63. The van der Waals surface area contributed by atoms with Gasteiger partial charge in [-0.2, -0.15) is 0 Å². The van der Waals surface area contributed by atoms with Crippen molar-refractivity contribution in [1.29, 1.82) is 0 Å². The molecule has 0 amide bonds. The molecule has 1 aromatic heterocycles. The monoisotopic (exact) mass is 209 g/mol. The van der Waals surface area contributed by atoms with Crippen LogP contribution in [0.3, 0.4) is 0 Å². The average molecular weight is 209 g/mol. The SMILES string of the molecule is CC1(O)CCCN(CCn2ccnc2)C1. The molecule has 1 saturated heterocycles. The molecule has 2 heterocycles. The molecular formula is C11H19N3O. The molecule has 1 aliphatic heterocycles. The quantitative estimate of drug-likeness (QED) is 0.798. The third-order valence-corrected chi connectivity index (χ3v) is 2.99. The van der Waals surface area contributed by atoms with E-state index in [2.05, 4.69) is 14.5 Å². The third kappa shape index (κ3) is 3.04. The van der Waals surface area contributed by atoms with Gasteiger partial charge in [-0.05, 0) is 26.3 Å². The fraction of sp³-hybridized carbons (Fsp3) is 0.727. The first-order chi connectivity index (χ1) is 7.16. The first-order valence-corrected chi connectivity index (χ1v) is 5.56. The summed E-state index contributed by atoms with van der Waals surface area (Å²) in [4.78, 5) is 6.33. The molecule has 84 valence electrons. The Hall–Kier alpha value is -0.870. The second-order valence-corrected chi connectivity index (χ2v) is 4.68. The Kier molecular flexibility index (Phi) is 3.07. The van der Waals surface area contributed by atoms with Crippen molar-refractivity contribution in [2.45, 2.75) is 31.9 Å². The lowest BCUT2D eigenvalue weighted by Crippen LogP contribution is -2.46. The molecule has 15 heavy (non-hydrogen) atoms. The van der Waals surface area contributed by atoms with Crippen molar-refractivity contribution < 1.29 is 5.11 Å². The normalized spacial score (nSPS) is 28.1. The number of rotatable bonds is 3. The van der Waals surface area contributed by atoms with Crippen molar-refractivity contribution in [2.24, 2.45) is 0 Å². The van der Waals surface area contributed by atoms with Crippen LogP contribution in [0, 0.1) is 0 Å². The molecule has 1 N–H and O–H groups in total. The highest BCUT2D eigenvalue weighted by Crippen LogP contribution is 2.19. The fourth-order valence-electron chi connectivity index (χ4n) is 2.19. The van der Waals surface area contributed by atoms with Crippen molar-refractivity contribution in [3.05, 3.63) is 18.7 Å². The van der Waals surface area contributed by atoms with Gasteiger partial charge in [-0.25, -0.2) is 4.98 Å². The highest BCUT2D eigenvalue weighted by Gasteiger charge is 2.27. The molecular weight excluding hydrogens is 190 g/mol. The van der Waals surface area contributed by atoms with Gasteiger partial charge in [0.05, 0.1) is 11.9 Å². The van der Waals surface area contributed by atoms with E-state index < -0.39 is 5.60 Å². The molecule has 1 aliphatic rings. The van der Waals surface area contributed by atoms with Crippen molar-refractivity contribution in [3.63, 3.8) is 0 Å². The van der Waals surface area contributed by atoms with Crippen LogP contribution >= 0.6 is 0 Å². The van der Waals surface area contributed by atoms with Crippen molar-refractivity contribution in [2.75, 3.05) is 19.6 Å². The van der Waals surface area contributed by atoms with Gasteiger partial charge in [-0.1, -0.05) is 0 Å². The third-order valence-electron chi connectivity index (χ3n) is 2.99. The molecule has 1 aromatic rings. The maximum atomic E-state index is 9.94. The molecule has 1 atom stereocenters. The van der Waals surface area contributed by atoms with E-state index in [9.17, 15) is 5.11 Å². The van der Waals surface area contributed by atoms with Crippen LogP contribution in [0.25, 0.3) is 0 Å². The lowest BCUT2D eigenvalue weighted by atomic mass is 9.95. The van der Waals surface area contributed by atoms with E-state index in [4.69, 9.17) is 0 Å². The average Bonchev–Trinajstić information content (AvgIpc) is 2.65. The minimum absolute atomic E-state index is 0.493. The standard InChI is InChI=1S/C11H19N3O/c1-11(15)3-2-5-13(9-11)7-8-14-6-4-12-10-14/h4,6,10,15H,2-3,5,7-9H2,1H3. The van der Waals surface area contributed by atoms with Crippen LogP contribution in [0.5, 0.6) is 0 Å². The molecule has 0 saturated carbocycles. The van der Waals surface area contributed by atoms with Gasteiger partial charge in [0, 0.05) is 32.0 Å². The maximum Gasteiger partial charge on any atom is 0.0946 e. The number of hydrogen-bond donors (Lipinski definition) is 1. The zero-order valence-electron chi connectivity index (χ0n) is 9.26. The Morgan fingerprint density at radius 3 is 3.00 bits per heavy atom. The Labute approximate surface area is 90.5 Å². The van der Waals surface area contributed by atoms with Crippen molar-refractivity contribution in [1.82, 2.24) is 14.5 Å². The minimum atomic E-state index is -0.493. The smallest absolute Gasteiger partial charge is 0.0946 e. The van der Waals surface area contributed by atoms with Gasteiger partial charge >= 0.3 is 0 Å². The van der Waals surface area contributed by atoms with Crippen molar-refractivity contribution >= 4 is 0 Å². The highest BCUT2D eigenvalue weighted by atomic mass is 16.3. The Bertz CT molecular complexity index is 295. The number of imidazole rings is 1. The van der Waals surface area contributed by atoms with Crippen LogP contribution in [-0.2, 0) is 6.54 Å². The lowest BCUT2D eigenvalue weighted by Gasteiger charge is -2.36. The predicted octanol–water partition coefficient (Wildman–Crippen LogP) is 0.730. The van der Waals surface area contributed by atoms with E-state index in [0.29, 0.717) is 0 Å². The summed E-state index contributed by atoms with van der Waals surface area (Å²) in [6, 6.07) is 0. The van der Waals surface area contributed by atoms with E-state index in [1.54, 1.807) is 6.20 Å². The van der Waals surface area contributed by atoms with Crippen LogP contribution in [0.1, 0.15) is 19.8 Å². The predicted molar refractivity (Wildman–Crippen MR) is 58.5 cm³/mol. The van der Waals surface area contributed by atoms with E-state index in [-0.39, 0.29) is 0 Å². The van der Waals surface area contributed by atoms with Crippen LogP contribution in [0.4, 0.5) is 0 Å². The zero-order valence-corrected chi connectivity index (χ0v) is 9.26. The molecule has 4 nitrogen and oxygen atoms in total. The molecule has 2 rings (SSSR count). The lowest BCUT2D eigenvalue weighted by molar-refractivity contribution is -0.0162. The number of likely N-dealkylation sites (tertiary alicyclic amines) is 1. The summed E-state index contributed by atoms with van der Waals surface area (Å²) < 4.78 is 2.07. The molecule has 1 fully saturated rings. The van der Waals surface area contributed by atoms with E-state index in [1.807, 2.05) is 19.4 Å². The molecule has 0 bridgehead atoms. The second-order valence-electron chi connectivity index (χ2n) is 4.68.